The number of aromatic nitrogens is 1. The number of benzene rings is 1. The van der Waals surface area contributed by atoms with Crippen LogP contribution in [-0.4, -0.2) is 29.6 Å². The quantitative estimate of drug-likeness (QED) is 0.560. The Kier molecular flexibility index (Phi) is 7.41. The summed E-state index contributed by atoms with van der Waals surface area (Å²) in [5, 5.41) is 3.03. The Bertz CT molecular complexity index is 749. The highest BCUT2D eigenvalue weighted by Gasteiger charge is 2.18. The van der Waals surface area contributed by atoms with E-state index in [4.69, 9.17) is 21.1 Å². The molecule has 1 amide bonds. The Morgan fingerprint density at radius 1 is 1.27 bits per heavy atom. The van der Waals surface area contributed by atoms with Crippen molar-refractivity contribution in [3.05, 3.63) is 53.2 Å². The summed E-state index contributed by atoms with van der Waals surface area (Å²) in [6.45, 7) is 3.89. The van der Waals surface area contributed by atoms with E-state index in [9.17, 15) is 9.59 Å². The highest BCUT2D eigenvalue weighted by molar-refractivity contribution is 6.30. The Morgan fingerprint density at radius 2 is 2.08 bits per heavy atom. The number of carbonyl (C=O) groups excluding carboxylic acids is 2. The Morgan fingerprint density at radius 3 is 2.77 bits per heavy atom. The molecule has 2 rings (SSSR count). The number of halogens is 1. The first-order valence-corrected chi connectivity index (χ1v) is 8.63. The van der Waals surface area contributed by atoms with Crippen molar-refractivity contribution < 1.29 is 19.1 Å². The third-order valence-corrected chi connectivity index (χ3v) is 3.66. The first-order chi connectivity index (χ1) is 12.4. The van der Waals surface area contributed by atoms with E-state index >= 15 is 0 Å². The van der Waals surface area contributed by atoms with Crippen molar-refractivity contribution in [1.29, 1.82) is 0 Å². The van der Waals surface area contributed by atoms with E-state index in [1.165, 1.54) is 13.1 Å². The van der Waals surface area contributed by atoms with Crippen LogP contribution in [0.15, 0.2) is 42.6 Å². The Hall–Kier alpha value is -2.60. The summed E-state index contributed by atoms with van der Waals surface area (Å²) in [4.78, 5) is 27.8. The van der Waals surface area contributed by atoms with Crippen molar-refractivity contribution in [2.75, 3.05) is 11.9 Å². The smallest absolute Gasteiger partial charge is 0.306 e. The van der Waals surface area contributed by atoms with Gasteiger partial charge in [0.2, 0.25) is 0 Å². The molecule has 7 heteroatoms. The minimum atomic E-state index is -0.919. The number of hydrogen-bond donors (Lipinski definition) is 1. The standard InChI is InChI=1S/C19H21ClN2O4/c1-13-5-3-6-16(11-13)25-10-4-7-18(23)26-14(2)19(24)22-17-9-8-15(20)12-21-17/h3,5-6,8-9,11-12,14H,4,7,10H2,1-2H3,(H,21,22,24)/t14-/m0/s1. The molecule has 0 fully saturated rings. The summed E-state index contributed by atoms with van der Waals surface area (Å²) in [5.41, 5.74) is 1.11. The normalized spacial score (nSPS) is 11.5. The Balaban J connectivity index is 1.67. The predicted molar refractivity (Wildman–Crippen MR) is 99.3 cm³/mol. The molecule has 1 aromatic heterocycles. The van der Waals surface area contributed by atoms with Gasteiger partial charge in [0.25, 0.3) is 5.91 Å². The van der Waals surface area contributed by atoms with Crippen molar-refractivity contribution in [3.8, 4) is 5.75 Å². The number of pyridine rings is 1. The molecule has 0 bridgehead atoms. The number of nitrogens with one attached hydrogen (secondary N) is 1. The number of ether oxygens (including phenoxy) is 2. The molecule has 6 nitrogen and oxygen atoms in total. The molecule has 2 aromatic rings. The molecule has 1 N–H and O–H groups in total. The van der Waals surface area contributed by atoms with Crippen molar-refractivity contribution in [1.82, 2.24) is 4.98 Å². The molecule has 26 heavy (non-hydrogen) atoms. The molecule has 0 unspecified atom stereocenters. The number of carbonyl (C=O) groups is 2. The molecule has 0 aliphatic rings. The van der Waals surface area contributed by atoms with E-state index in [-0.39, 0.29) is 6.42 Å². The number of anilines is 1. The maximum atomic E-state index is 12.0. The molecule has 0 aliphatic heterocycles. The van der Waals surface area contributed by atoms with Crippen molar-refractivity contribution in [2.45, 2.75) is 32.8 Å². The highest BCUT2D eigenvalue weighted by atomic mass is 35.5. The van der Waals surface area contributed by atoms with Crippen molar-refractivity contribution in [3.63, 3.8) is 0 Å². The maximum Gasteiger partial charge on any atom is 0.306 e. The average Bonchev–Trinajstić information content (AvgIpc) is 2.60. The SMILES string of the molecule is Cc1cccc(OCCCC(=O)O[C@@H](C)C(=O)Nc2ccc(Cl)cn2)c1. The van der Waals surface area contributed by atoms with Gasteiger partial charge in [-0.05, 0) is 50.1 Å². The van der Waals surface area contributed by atoms with Gasteiger partial charge in [0.15, 0.2) is 6.10 Å². The van der Waals surface area contributed by atoms with Crippen LogP contribution in [-0.2, 0) is 14.3 Å². The molecule has 1 aromatic carbocycles. The van der Waals surface area contributed by atoms with Gasteiger partial charge in [-0.25, -0.2) is 4.98 Å². The zero-order valence-corrected chi connectivity index (χ0v) is 15.5. The maximum absolute atomic E-state index is 12.0. The molecule has 0 radical (unpaired) electrons. The van der Waals surface area contributed by atoms with Crippen LogP contribution in [0, 0.1) is 6.92 Å². The van der Waals surface area contributed by atoms with E-state index in [1.54, 1.807) is 12.1 Å². The summed E-state index contributed by atoms with van der Waals surface area (Å²) in [7, 11) is 0. The number of amides is 1. The summed E-state index contributed by atoms with van der Waals surface area (Å²) in [6, 6.07) is 10.9. The van der Waals surface area contributed by atoms with Gasteiger partial charge < -0.3 is 14.8 Å². The molecule has 1 heterocycles. The van der Waals surface area contributed by atoms with E-state index < -0.39 is 18.0 Å². The lowest BCUT2D eigenvalue weighted by atomic mass is 10.2. The highest BCUT2D eigenvalue weighted by Crippen LogP contribution is 2.13. The number of hydrogen-bond acceptors (Lipinski definition) is 5. The summed E-state index contributed by atoms with van der Waals surface area (Å²) in [6.07, 6.45) is 1.17. The third kappa shape index (κ3) is 6.72. The fraction of sp³-hybridized carbons (Fsp3) is 0.316. The van der Waals surface area contributed by atoms with Gasteiger partial charge >= 0.3 is 5.97 Å². The van der Waals surface area contributed by atoms with Crippen LogP contribution < -0.4 is 10.1 Å². The number of rotatable bonds is 8. The van der Waals surface area contributed by atoms with Gasteiger partial charge in [0, 0.05) is 12.6 Å². The van der Waals surface area contributed by atoms with Gasteiger partial charge in [-0.1, -0.05) is 23.7 Å². The van der Waals surface area contributed by atoms with Crippen LogP contribution >= 0.6 is 11.6 Å². The molecule has 0 aliphatic carbocycles. The van der Waals surface area contributed by atoms with Gasteiger partial charge in [-0.15, -0.1) is 0 Å². The molecular weight excluding hydrogens is 356 g/mol. The average molecular weight is 377 g/mol. The van der Waals surface area contributed by atoms with Crippen molar-refractivity contribution >= 4 is 29.3 Å². The summed E-state index contributed by atoms with van der Waals surface area (Å²) in [5.74, 6) is 0.198. The topological polar surface area (TPSA) is 77.5 Å². The fourth-order valence-corrected chi connectivity index (χ4v) is 2.21. The molecule has 138 valence electrons. The second kappa shape index (κ2) is 9.77. The first kappa shape index (κ1) is 19.7. The minimum Gasteiger partial charge on any atom is -0.494 e. The van der Waals surface area contributed by atoms with Crippen LogP contribution in [0.1, 0.15) is 25.3 Å². The van der Waals surface area contributed by atoms with Crippen LogP contribution in [0.3, 0.4) is 0 Å². The van der Waals surface area contributed by atoms with Crippen molar-refractivity contribution in [2.24, 2.45) is 0 Å². The van der Waals surface area contributed by atoms with Crippen LogP contribution in [0.25, 0.3) is 0 Å². The summed E-state index contributed by atoms with van der Waals surface area (Å²) < 4.78 is 10.7. The van der Waals surface area contributed by atoms with Gasteiger partial charge in [0.1, 0.15) is 11.6 Å². The number of nitrogens with zero attached hydrogens (tertiary/aromatic N) is 1. The largest absolute Gasteiger partial charge is 0.494 e. The monoisotopic (exact) mass is 376 g/mol. The minimum absolute atomic E-state index is 0.169. The molecule has 0 saturated heterocycles. The van der Waals surface area contributed by atoms with E-state index in [1.807, 2.05) is 31.2 Å². The van der Waals surface area contributed by atoms with E-state index in [2.05, 4.69) is 10.3 Å². The van der Waals surface area contributed by atoms with Crippen LogP contribution in [0.5, 0.6) is 5.75 Å². The lowest BCUT2D eigenvalue weighted by Crippen LogP contribution is -2.30. The van der Waals surface area contributed by atoms with Crippen LogP contribution in [0.2, 0.25) is 5.02 Å². The predicted octanol–water partition coefficient (Wildman–Crippen LogP) is 3.77. The van der Waals surface area contributed by atoms with Crippen LogP contribution in [0.4, 0.5) is 5.82 Å². The fourth-order valence-electron chi connectivity index (χ4n) is 2.10. The molecule has 0 spiro atoms. The van der Waals surface area contributed by atoms with Gasteiger partial charge in [0.05, 0.1) is 11.6 Å². The molecule has 1 atom stereocenters. The first-order valence-electron chi connectivity index (χ1n) is 8.25. The summed E-state index contributed by atoms with van der Waals surface area (Å²) >= 11 is 5.73. The second-order valence-corrected chi connectivity index (χ2v) is 6.19. The lowest BCUT2D eigenvalue weighted by molar-refractivity contribution is -0.153. The third-order valence-electron chi connectivity index (χ3n) is 3.44. The zero-order valence-electron chi connectivity index (χ0n) is 14.7. The van der Waals surface area contributed by atoms with E-state index in [0.717, 1.165) is 11.3 Å². The van der Waals surface area contributed by atoms with Gasteiger partial charge in [-0.2, -0.15) is 0 Å². The molecular formula is C19H21ClN2O4. The lowest BCUT2D eigenvalue weighted by Gasteiger charge is -2.13. The zero-order chi connectivity index (χ0) is 18.9. The Labute approximate surface area is 157 Å². The number of esters is 1. The second-order valence-electron chi connectivity index (χ2n) is 5.75. The number of aryl methyl sites for hydroxylation is 1. The van der Waals surface area contributed by atoms with Gasteiger partial charge in [-0.3, -0.25) is 9.59 Å². The molecule has 0 saturated carbocycles. The van der Waals surface area contributed by atoms with E-state index in [0.29, 0.717) is 23.9 Å².